The Morgan fingerprint density at radius 1 is 1.27 bits per heavy atom. The standard InChI is InChI=1S/C13H10F3N5O/c1-21-11-7(5-18-12(17)19-11)10(20-21)6-2-3-9(22)8(4-6)13(14,15)16/h2-5,22H,1H3,(H2,17,18,19). The van der Waals surface area contributed by atoms with Gasteiger partial charge in [-0.25, -0.2) is 9.67 Å². The van der Waals surface area contributed by atoms with Crippen molar-refractivity contribution in [3.05, 3.63) is 30.0 Å². The van der Waals surface area contributed by atoms with Crippen molar-refractivity contribution in [2.24, 2.45) is 7.05 Å². The molecule has 0 saturated carbocycles. The number of phenols is 1. The van der Waals surface area contributed by atoms with Gasteiger partial charge < -0.3 is 10.8 Å². The summed E-state index contributed by atoms with van der Waals surface area (Å²) in [7, 11) is 1.60. The van der Waals surface area contributed by atoms with E-state index in [0.29, 0.717) is 11.0 Å². The van der Waals surface area contributed by atoms with Gasteiger partial charge in [0, 0.05) is 18.8 Å². The Bertz CT molecular complexity index is 872. The molecular formula is C13H10F3N5O. The summed E-state index contributed by atoms with van der Waals surface area (Å²) in [6, 6.07) is 3.17. The lowest BCUT2D eigenvalue weighted by molar-refractivity contribution is -0.138. The monoisotopic (exact) mass is 309 g/mol. The van der Waals surface area contributed by atoms with Crippen molar-refractivity contribution >= 4 is 17.0 Å². The molecule has 0 aliphatic carbocycles. The average molecular weight is 309 g/mol. The van der Waals surface area contributed by atoms with Gasteiger partial charge in [-0.3, -0.25) is 0 Å². The van der Waals surface area contributed by atoms with Crippen molar-refractivity contribution < 1.29 is 18.3 Å². The van der Waals surface area contributed by atoms with Crippen LogP contribution in [0, 0.1) is 0 Å². The van der Waals surface area contributed by atoms with Crippen LogP contribution in [0.5, 0.6) is 5.75 Å². The minimum Gasteiger partial charge on any atom is -0.507 e. The van der Waals surface area contributed by atoms with Crippen LogP contribution in [0.4, 0.5) is 19.1 Å². The lowest BCUT2D eigenvalue weighted by Crippen LogP contribution is -2.05. The molecular weight excluding hydrogens is 299 g/mol. The molecule has 6 nitrogen and oxygen atoms in total. The lowest BCUT2D eigenvalue weighted by Gasteiger charge is -2.10. The van der Waals surface area contributed by atoms with Crippen molar-refractivity contribution in [2.75, 3.05) is 5.73 Å². The summed E-state index contributed by atoms with van der Waals surface area (Å²) < 4.78 is 40.1. The fraction of sp³-hybridized carbons (Fsp3) is 0.154. The van der Waals surface area contributed by atoms with Crippen LogP contribution in [0.3, 0.4) is 0 Å². The second-order valence-electron chi connectivity index (χ2n) is 4.67. The second-order valence-corrected chi connectivity index (χ2v) is 4.67. The van der Waals surface area contributed by atoms with E-state index in [1.54, 1.807) is 7.05 Å². The zero-order chi connectivity index (χ0) is 16.1. The summed E-state index contributed by atoms with van der Waals surface area (Å²) >= 11 is 0. The minimum atomic E-state index is -4.66. The zero-order valence-electron chi connectivity index (χ0n) is 11.3. The Kier molecular flexibility index (Phi) is 2.94. The van der Waals surface area contributed by atoms with Crippen LogP contribution >= 0.6 is 0 Å². The van der Waals surface area contributed by atoms with Crippen molar-refractivity contribution in [1.29, 1.82) is 0 Å². The number of halogens is 3. The molecule has 3 N–H and O–H groups in total. The first-order chi connectivity index (χ1) is 10.3. The van der Waals surface area contributed by atoms with Crippen LogP contribution < -0.4 is 5.73 Å². The van der Waals surface area contributed by atoms with E-state index in [4.69, 9.17) is 5.73 Å². The van der Waals surface area contributed by atoms with E-state index in [1.807, 2.05) is 0 Å². The number of fused-ring (bicyclic) bond motifs is 1. The smallest absolute Gasteiger partial charge is 0.419 e. The molecule has 0 aliphatic rings. The molecule has 3 aromatic rings. The van der Waals surface area contributed by atoms with Gasteiger partial charge in [-0.1, -0.05) is 0 Å². The second kappa shape index (κ2) is 4.58. The normalized spacial score (nSPS) is 12.0. The Balaban J connectivity index is 2.24. The van der Waals surface area contributed by atoms with Gasteiger partial charge in [0.1, 0.15) is 11.4 Å². The SMILES string of the molecule is Cn1nc(-c2ccc(O)c(C(F)(F)F)c2)c2cnc(N)nc21. The van der Waals surface area contributed by atoms with E-state index in [9.17, 15) is 18.3 Å². The number of nitrogens with two attached hydrogens (primary N) is 1. The van der Waals surface area contributed by atoms with Gasteiger partial charge in [-0.05, 0) is 18.2 Å². The van der Waals surface area contributed by atoms with E-state index < -0.39 is 17.5 Å². The third-order valence-electron chi connectivity index (χ3n) is 3.17. The van der Waals surface area contributed by atoms with Crippen molar-refractivity contribution in [2.45, 2.75) is 6.18 Å². The van der Waals surface area contributed by atoms with E-state index in [1.165, 1.54) is 16.9 Å². The molecule has 0 bridgehead atoms. The third-order valence-corrected chi connectivity index (χ3v) is 3.17. The molecule has 0 amide bonds. The van der Waals surface area contributed by atoms with E-state index in [0.717, 1.165) is 12.1 Å². The number of nitrogen functional groups attached to an aromatic ring is 1. The van der Waals surface area contributed by atoms with Gasteiger partial charge in [-0.15, -0.1) is 0 Å². The van der Waals surface area contributed by atoms with Crippen LogP contribution in [0.15, 0.2) is 24.4 Å². The lowest BCUT2D eigenvalue weighted by atomic mass is 10.1. The fourth-order valence-corrected chi connectivity index (χ4v) is 2.17. The molecule has 0 aliphatic heterocycles. The maximum atomic E-state index is 12.9. The number of benzene rings is 1. The molecule has 1 aromatic carbocycles. The summed E-state index contributed by atoms with van der Waals surface area (Å²) in [4.78, 5) is 7.84. The number of aryl methyl sites for hydroxylation is 1. The summed E-state index contributed by atoms with van der Waals surface area (Å²) in [5.74, 6) is -0.791. The van der Waals surface area contributed by atoms with Gasteiger partial charge in [0.05, 0.1) is 10.9 Å². The van der Waals surface area contributed by atoms with Gasteiger partial charge in [0.2, 0.25) is 5.95 Å². The molecule has 22 heavy (non-hydrogen) atoms. The summed E-state index contributed by atoms with van der Waals surface area (Å²) in [5, 5.41) is 14.0. The molecule has 0 fully saturated rings. The Morgan fingerprint density at radius 3 is 2.68 bits per heavy atom. The maximum absolute atomic E-state index is 12.9. The molecule has 0 spiro atoms. The van der Waals surface area contributed by atoms with Crippen LogP contribution in [0.25, 0.3) is 22.3 Å². The molecule has 9 heteroatoms. The van der Waals surface area contributed by atoms with Crippen LogP contribution in [-0.2, 0) is 13.2 Å². The highest BCUT2D eigenvalue weighted by molar-refractivity contribution is 5.91. The molecule has 0 atom stereocenters. The number of hydrogen-bond donors (Lipinski definition) is 2. The summed E-state index contributed by atoms with van der Waals surface area (Å²) in [6.45, 7) is 0. The first-order valence-corrected chi connectivity index (χ1v) is 6.13. The summed E-state index contributed by atoms with van der Waals surface area (Å²) in [6.07, 6.45) is -3.26. The third kappa shape index (κ3) is 2.20. The van der Waals surface area contributed by atoms with Gasteiger partial charge in [0.25, 0.3) is 0 Å². The van der Waals surface area contributed by atoms with E-state index >= 15 is 0 Å². The number of hydrogen-bond acceptors (Lipinski definition) is 5. The molecule has 0 radical (unpaired) electrons. The Morgan fingerprint density at radius 2 is 2.00 bits per heavy atom. The number of nitrogens with zero attached hydrogens (tertiary/aromatic N) is 4. The number of aromatic nitrogens is 4. The summed E-state index contributed by atoms with van der Waals surface area (Å²) in [5.41, 5.74) is 5.26. The Labute approximate surface area is 122 Å². The highest BCUT2D eigenvalue weighted by atomic mass is 19.4. The zero-order valence-corrected chi connectivity index (χ0v) is 11.3. The molecule has 0 saturated heterocycles. The van der Waals surface area contributed by atoms with Crippen molar-refractivity contribution in [1.82, 2.24) is 19.7 Å². The van der Waals surface area contributed by atoms with Crippen molar-refractivity contribution in [3.63, 3.8) is 0 Å². The van der Waals surface area contributed by atoms with Crippen LogP contribution in [0.1, 0.15) is 5.56 Å². The largest absolute Gasteiger partial charge is 0.507 e. The number of alkyl halides is 3. The van der Waals surface area contributed by atoms with E-state index in [2.05, 4.69) is 15.1 Å². The number of anilines is 1. The number of aromatic hydroxyl groups is 1. The quantitative estimate of drug-likeness (QED) is 0.720. The minimum absolute atomic E-state index is 0.0451. The molecule has 3 rings (SSSR count). The van der Waals surface area contributed by atoms with Gasteiger partial charge >= 0.3 is 6.18 Å². The molecule has 114 valence electrons. The van der Waals surface area contributed by atoms with Gasteiger partial charge in [0.15, 0.2) is 5.65 Å². The highest BCUT2D eigenvalue weighted by Gasteiger charge is 2.34. The van der Waals surface area contributed by atoms with E-state index in [-0.39, 0.29) is 17.2 Å². The van der Waals surface area contributed by atoms with Gasteiger partial charge in [-0.2, -0.15) is 23.3 Å². The molecule has 0 unspecified atom stereocenters. The van der Waals surface area contributed by atoms with Crippen molar-refractivity contribution in [3.8, 4) is 17.0 Å². The fourth-order valence-electron chi connectivity index (χ4n) is 2.17. The Hall–Kier alpha value is -2.84. The average Bonchev–Trinajstić information content (AvgIpc) is 2.75. The molecule has 2 aromatic heterocycles. The maximum Gasteiger partial charge on any atom is 0.419 e. The predicted molar refractivity (Wildman–Crippen MR) is 72.8 cm³/mol. The van der Waals surface area contributed by atoms with Crippen LogP contribution in [0.2, 0.25) is 0 Å². The number of rotatable bonds is 1. The first kappa shape index (κ1) is 14.1. The van der Waals surface area contributed by atoms with Crippen LogP contribution in [-0.4, -0.2) is 24.9 Å². The highest BCUT2D eigenvalue weighted by Crippen LogP contribution is 2.38. The first-order valence-electron chi connectivity index (χ1n) is 6.13. The predicted octanol–water partition coefficient (Wildman–Crippen LogP) is 2.34. The number of phenolic OH excluding ortho intramolecular Hbond substituents is 1. The topological polar surface area (TPSA) is 89.8 Å². The molecule has 2 heterocycles.